The highest BCUT2D eigenvalue weighted by Gasteiger charge is 2.42. The van der Waals surface area contributed by atoms with Gasteiger partial charge < -0.3 is 24.1 Å². The third-order valence-corrected chi connectivity index (χ3v) is 5.35. The van der Waals surface area contributed by atoms with Crippen LogP contribution in [0.5, 0.6) is 23.0 Å². The minimum atomic E-state index is -4.80. The molecule has 6 nitrogen and oxygen atoms in total. The fourth-order valence-corrected chi connectivity index (χ4v) is 3.53. The molecule has 1 N–H and O–H groups in total. The van der Waals surface area contributed by atoms with E-state index < -0.39 is 23.7 Å². The van der Waals surface area contributed by atoms with Gasteiger partial charge in [-0.3, -0.25) is 0 Å². The minimum Gasteiger partial charge on any atom is -0.493 e. The summed E-state index contributed by atoms with van der Waals surface area (Å²) in [6.45, 7) is 2.30. The highest BCUT2D eigenvalue weighted by atomic mass is 35.5. The summed E-state index contributed by atoms with van der Waals surface area (Å²) >= 11 is 5.93. The van der Waals surface area contributed by atoms with Gasteiger partial charge in [0.05, 0.1) is 18.2 Å². The number of carboxylic acids is 1. The number of ether oxygens (including phenoxy) is 4. The summed E-state index contributed by atoms with van der Waals surface area (Å²) < 4.78 is 57.5. The maximum Gasteiger partial charge on any atom is 0.573 e. The van der Waals surface area contributed by atoms with Gasteiger partial charge in [-0.15, -0.1) is 13.2 Å². The van der Waals surface area contributed by atoms with Crippen LogP contribution >= 0.6 is 11.6 Å². The number of carbonyl (C=O) groups is 1. The summed E-state index contributed by atoms with van der Waals surface area (Å²) in [7, 11) is 0. The Labute approximate surface area is 187 Å². The molecule has 0 saturated heterocycles. The topological polar surface area (TPSA) is 74.2 Å². The van der Waals surface area contributed by atoms with Gasteiger partial charge in [-0.05, 0) is 36.6 Å². The highest BCUT2D eigenvalue weighted by Crippen LogP contribution is 2.37. The standard InChI is InChI=1S/C22H22ClF3O6/c1-2-21(20(27)28)9-8-14-4-5-15(13-19(14)32-21)29-10-3-11-30-18-7-6-16(12-17(18)23)31-22(24,25)26/h4-7,12-13H,2-3,8-11H2,1H3,(H,27,28)/t21-/m1/s1. The zero-order chi connectivity index (χ0) is 23.4. The molecule has 0 aromatic heterocycles. The van der Waals surface area contributed by atoms with E-state index in [0.29, 0.717) is 43.8 Å². The van der Waals surface area contributed by atoms with Crippen molar-refractivity contribution in [3.05, 3.63) is 47.0 Å². The van der Waals surface area contributed by atoms with Crippen LogP contribution in [0.25, 0.3) is 0 Å². The van der Waals surface area contributed by atoms with Crippen LogP contribution in [0.15, 0.2) is 36.4 Å². The molecule has 1 aliphatic rings. The van der Waals surface area contributed by atoms with E-state index in [4.69, 9.17) is 25.8 Å². The van der Waals surface area contributed by atoms with Crippen molar-refractivity contribution >= 4 is 17.6 Å². The Morgan fingerprint density at radius 2 is 1.88 bits per heavy atom. The molecule has 0 amide bonds. The summed E-state index contributed by atoms with van der Waals surface area (Å²) in [5.41, 5.74) is -0.294. The second-order valence-corrected chi connectivity index (χ2v) is 7.62. The number of rotatable bonds is 9. The largest absolute Gasteiger partial charge is 0.573 e. The van der Waals surface area contributed by atoms with Crippen molar-refractivity contribution in [1.82, 2.24) is 0 Å². The van der Waals surface area contributed by atoms with Crippen LogP contribution in [-0.2, 0) is 11.2 Å². The van der Waals surface area contributed by atoms with Crippen LogP contribution in [0, 0.1) is 0 Å². The molecule has 1 heterocycles. The van der Waals surface area contributed by atoms with Crippen molar-refractivity contribution in [2.75, 3.05) is 13.2 Å². The van der Waals surface area contributed by atoms with Gasteiger partial charge in [0.15, 0.2) is 0 Å². The first-order chi connectivity index (χ1) is 15.1. The number of hydrogen-bond acceptors (Lipinski definition) is 5. The zero-order valence-corrected chi connectivity index (χ0v) is 18.0. The van der Waals surface area contributed by atoms with E-state index >= 15 is 0 Å². The maximum absolute atomic E-state index is 12.2. The average Bonchev–Trinajstić information content (AvgIpc) is 2.73. The van der Waals surface area contributed by atoms with E-state index in [9.17, 15) is 23.1 Å². The highest BCUT2D eigenvalue weighted by molar-refractivity contribution is 6.32. The fraction of sp³-hybridized carbons (Fsp3) is 0.409. The van der Waals surface area contributed by atoms with Crippen molar-refractivity contribution in [1.29, 1.82) is 0 Å². The molecular formula is C22H22ClF3O6. The predicted octanol–water partition coefficient (Wildman–Crippen LogP) is 5.64. The lowest BCUT2D eigenvalue weighted by atomic mass is 9.89. The van der Waals surface area contributed by atoms with Gasteiger partial charge >= 0.3 is 12.3 Å². The van der Waals surface area contributed by atoms with Crippen molar-refractivity contribution in [3.8, 4) is 23.0 Å². The van der Waals surface area contributed by atoms with E-state index in [1.165, 1.54) is 6.07 Å². The van der Waals surface area contributed by atoms with Crippen LogP contribution in [-0.4, -0.2) is 36.3 Å². The van der Waals surface area contributed by atoms with E-state index in [0.717, 1.165) is 17.7 Å². The first-order valence-corrected chi connectivity index (χ1v) is 10.4. The molecule has 0 spiro atoms. The number of fused-ring (bicyclic) bond motifs is 1. The van der Waals surface area contributed by atoms with Crippen molar-refractivity contribution in [2.45, 2.75) is 44.6 Å². The van der Waals surface area contributed by atoms with Gasteiger partial charge in [-0.2, -0.15) is 0 Å². The van der Waals surface area contributed by atoms with Crippen LogP contribution in [0.3, 0.4) is 0 Å². The molecule has 2 aromatic carbocycles. The van der Waals surface area contributed by atoms with Crippen LogP contribution in [0.2, 0.25) is 5.02 Å². The molecule has 32 heavy (non-hydrogen) atoms. The van der Waals surface area contributed by atoms with Gasteiger partial charge in [-0.25, -0.2) is 4.79 Å². The van der Waals surface area contributed by atoms with Crippen molar-refractivity contribution in [3.63, 3.8) is 0 Å². The zero-order valence-electron chi connectivity index (χ0n) is 17.2. The summed E-state index contributed by atoms with van der Waals surface area (Å²) in [5, 5.41) is 9.52. The third-order valence-electron chi connectivity index (χ3n) is 5.05. The average molecular weight is 475 g/mol. The molecule has 174 valence electrons. The van der Waals surface area contributed by atoms with E-state index in [1.54, 1.807) is 19.1 Å². The van der Waals surface area contributed by atoms with Crippen LogP contribution < -0.4 is 18.9 Å². The van der Waals surface area contributed by atoms with E-state index in [1.807, 2.05) is 6.07 Å². The Hall–Kier alpha value is -2.81. The molecular weight excluding hydrogens is 453 g/mol. The molecule has 1 aliphatic heterocycles. The molecule has 0 unspecified atom stereocenters. The number of aliphatic carboxylic acids is 1. The lowest BCUT2D eigenvalue weighted by Gasteiger charge is -2.34. The Bertz CT molecular complexity index is 965. The molecule has 0 radical (unpaired) electrons. The van der Waals surface area contributed by atoms with Gasteiger partial charge in [0.1, 0.15) is 23.0 Å². The molecule has 10 heteroatoms. The molecule has 0 aliphatic carbocycles. The molecule has 1 atom stereocenters. The quantitative estimate of drug-likeness (QED) is 0.474. The Morgan fingerprint density at radius 3 is 2.53 bits per heavy atom. The molecule has 0 saturated carbocycles. The van der Waals surface area contributed by atoms with Gasteiger partial charge in [-0.1, -0.05) is 24.6 Å². The Kier molecular flexibility index (Phi) is 7.28. The minimum absolute atomic E-state index is 0.00246. The molecule has 2 aromatic rings. The smallest absolute Gasteiger partial charge is 0.493 e. The Morgan fingerprint density at radius 1 is 1.16 bits per heavy atom. The van der Waals surface area contributed by atoms with Crippen molar-refractivity contribution < 1.29 is 42.0 Å². The first kappa shape index (κ1) is 23.8. The second kappa shape index (κ2) is 9.77. The molecule has 0 bridgehead atoms. The number of halogens is 4. The predicted molar refractivity (Wildman–Crippen MR) is 110 cm³/mol. The van der Waals surface area contributed by atoms with E-state index in [-0.39, 0.29) is 17.4 Å². The van der Waals surface area contributed by atoms with Crippen molar-refractivity contribution in [2.24, 2.45) is 0 Å². The first-order valence-electron chi connectivity index (χ1n) is 9.98. The number of hydrogen-bond donors (Lipinski definition) is 1. The summed E-state index contributed by atoms with van der Waals surface area (Å²) in [4.78, 5) is 11.6. The number of aryl methyl sites for hydroxylation is 1. The lowest BCUT2D eigenvalue weighted by molar-refractivity contribution is -0.274. The summed E-state index contributed by atoms with van der Waals surface area (Å²) in [6, 6.07) is 8.77. The van der Waals surface area contributed by atoms with Crippen LogP contribution in [0.4, 0.5) is 13.2 Å². The molecule has 0 fully saturated rings. The molecule has 3 rings (SSSR count). The number of alkyl halides is 3. The fourth-order valence-electron chi connectivity index (χ4n) is 3.30. The SMILES string of the molecule is CC[C@]1(C(=O)O)CCc2ccc(OCCCOc3ccc(OC(F)(F)F)cc3Cl)cc2O1. The van der Waals surface area contributed by atoms with E-state index in [2.05, 4.69) is 4.74 Å². The Balaban J connectivity index is 1.49. The normalized spacial score (nSPS) is 17.8. The van der Waals surface area contributed by atoms with Crippen LogP contribution in [0.1, 0.15) is 31.7 Å². The lowest BCUT2D eigenvalue weighted by Crippen LogP contribution is -2.46. The van der Waals surface area contributed by atoms with Gasteiger partial charge in [0, 0.05) is 25.0 Å². The number of carboxylic acid groups (broad SMARTS) is 1. The van der Waals surface area contributed by atoms with Gasteiger partial charge in [0.25, 0.3) is 0 Å². The monoisotopic (exact) mass is 474 g/mol. The number of benzene rings is 2. The maximum atomic E-state index is 12.2. The summed E-state index contributed by atoms with van der Waals surface area (Å²) in [5.74, 6) is -0.142. The second-order valence-electron chi connectivity index (χ2n) is 7.22. The summed E-state index contributed by atoms with van der Waals surface area (Å²) in [6.07, 6.45) is -2.94. The third kappa shape index (κ3) is 5.91. The van der Waals surface area contributed by atoms with Gasteiger partial charge in [0.2, 0.25) is 5.60 Å².